The van der Waals surface area contributed by atoms with Crippen molar-refractivity contribution in [3.05, 3.63) is 23.8 Å². The quantitative estimate of drug-likeness (QED) is 0.757. The zero-order valence-electron chi connectivity index (χ0n) is 16.4. The van der Waals surface area contributed by atoms with Crippen molar-refractivity contribution in [1.82, 2.24) is 25.5 Å². The Bertz CT molecular complexity index is 642. The number of rotatable bonds is 7. The fourth-order valence-electron chi connectivity index (χ4n) is 4.22. The minimum atomic E-state index is -0.167. The van der Waals surface area contributed by atoms with E-state index in [0.717, 1.165) is 25.3 Å². The molecule has 2 heterocycles. The molecule has 2 N–H and O–H groups in total. The van der Waals surface area contributed by atoms with Gasteiger partial charge in [0.05, 0.1) is 11.6 Å². The van der Waals surface area contributed by atoms with E-state index in [0.29, 0.717) is 24.4 Å². The van der Waals surface area contributed by atoms with E-state index in [4.69, 9.17) is 0 Å². The lowest BCUT2D eigenvalue weighted by Crippen LogP contribution is -2.44. The zero-order chi connectivity index (χ0) is 19.2. The lowest BCUT2D eigenvalue weighted by Gasteiger charge is -2.26. The van der Waals surface area contributed by atoms with E-state index in [1.165, 1.54) is 25.7 Å². The van der Waals surface area contributed by atoms with Crippen LogP contribution < -0.4 is 10.6 Å². The summed E-state index contributed by atoms with van der Waals surface area (Å²) in [5, 5.41) is 6.02. The van der Waals surface area contributed by atoms with E-state index in [1.54, 1.807) is 12.4 Å². The van der Waals surface area contributed by atoms with Crippen LogP contribution in [0.15, 0.2) is 12.4 Å². The first kappa shape index (κ1) is 19.7. The van der Waals surface area contributed by atoms with Crippen molar-refractivity contribution in [3.8, 4) is 0 Å². The summed E-state index contributed by atoms with van der Waals surface area (Å²) in [4.78, 5) is 35.7. The highest BCUT2D eigenvalue weighted by Crippen LogP contribution is 2.28. The largest absolute Gasteiger partial charge is 0.355 e. The van der Waals surface area contributed by atoms with Crippen molar-refractivity contribution < 1.29 is 9.59 Å². The standard InChI is InChI=1S/C20H31N5O2/c1-3-18-22-10-15(11-23-18)19(26)24-16-9-17(20(27)21-4-2)25(13-16)12-14-7-5-6-8-14/h10-11,14,16-17H,3-9,12-13H2,1-2H3,(H,21,27)(H,24,26)/t16-,17-/m0/s1. The molecule has 27 heavy (non-hydrogen) atoms. The van der Waals surface area contributed by atoms with Crippen molar-refractivity contribution in [3.63, 3.8) is 0 Å². The third-order valence-electron chi connectivity index (χ3n) is 5.64. The molecule has 2 fully saturated rings. The number of hydrogen-bond donors (Lipinski definition) is 2. The Hall–Kier alpha value is -2.02. The summed E-state index contributed by atoms with van der Waals surface area (Å²) in [6.07, 6.45) is 9.62. The van der Waals surface area contributed by atoms with E-state index in [1.807, 2.05) is 13.8 Å². The van der Waals surface area contributed by atoms with Crippen molar-refractivity contribution in [2.45, 2.75) is 64.5 Å². The minimum Gasteiger partial charge on any atom is -0.355 e. The lowest BCUT2D eigenvalue weighted by molar-refractivity contribution is -0.125. The second-order valence-electron chi connectivity index (χ2n) is 7.66. The summed E-state index contributed by atoms with van der Waals surface area (Å²) >= 11 is 0. The molecule has 1 saturated heterocycles. The highest BCUT2D eigenvalue weighted by atomic mass is 16.2. The van der Waals surface area contributed by atoms with Gasteiger partial charge in [-0.2, -0.15) is 0 Å². The number of aryl methyl sites for hydroxylation is 1. The molecule has 7 nitrogen and oxygen atoms in total. The molecule has 2 aliphatic rings. The third kappa shape index (κ3) is 5.03. The van der Waals surface area contributed by atoms with Gasteiger partial charge in [-0.25, -0.2) is 9.97 Å². The van der Waals surface area contributed by atoms with Crippen molar-refractivity contribution in [2.75, 3.05) is 19.6 Å². The molecule has 1 aromatic rings. The first-order valence-corrected chi connectivity index (χ1v) is 10.2. The number of likely N-dealkylation sites (tertiary alicyclic amines) is 1. The molecule has 1 saturated carbocycles. The van der Waals surface area contributed by atoms with Crippen molar-refractivity contribution in [2.24, 2.45) is 5.92 Å². The lowest BCUT2D eigenvalue weighted by atomic mass is 10.1. The van der Waals surface area contributed by atoms with Gasteiger partial charge in [0, 0.05) is 44.5 Å². The summed E-state index contributed by atoms with van der Waals surface area (Å²) in [5.41, 5.74) is 0.469. The second-order valence-corrected chi connectivity index (χ2v) is 7.66. The molecule has 2 amide bonds. The van der Waals surface area contributed by atoms with Gasteiger partial charge in [0.2, 0.25) is 5.91 Å². The predicted molar refractivity (Wildman–Crippen MR) is 103 cm³/mol. The Balaban J connectivity index is 1.62. The molecule has 7 heteroatoms. The number of carbonyl (C=O) groups is 2. The molecule has 0 aromatic carbocycles. The van der Waals surface area contributed by atoms with Crippen LogP contribution in [0.2, 0.25) is 0 Å². The van der Waals surface area contributed by atoms with Crippen molar-refractivity contribution in [1.29, 1.82) is 0 Å². The number of carbonyl (C=O) groups excluding carboxylic acids is 2. The molecule has 148 valence electrons. The van der Waals surface area contributed by atoms with E-state index < -0.39 is 0 Å². The van der Waals surface area contributed by atoms with Crippen LogP contribution in [0.25, 0.3) is 0 Å². The Morgan fingerprint density at radius 3 is 2.52 bits per heavy atom. The molecular formula is C20H31N5O2. The van der Waals surface area contributed by atoms with Gasteiger partial charge in [-0.1, -0.05) is 19.8 Å². The SMILES string of the molecule is CCNC(=O)[C@@H]1C[C@H](NC(=O)c2cnc(CC)nc2)CN1CC1CCCC1. The molecule has 0 spiro atoms. The van der Waals surface area contributed by atoms with Crippen LogP contribution in [-0.4, -0.2) is 58.4 Å². The number of aromatic nitrogens is 2. The predicted octanol–water partition coefficient (Wildman–Crippen LogP) is 1.54. The molecule has 0 bridgehead atoms. The minimum absolute atomic E-state index is 0.0302. The third-order valence-corrected chi connectivity index (χ3v) is 5.64. The summed E-state index contributed by atoms with van der Waals surface area (Å²) in [5.74, 6) is 1.31. The van der Waals surface area contributed by atoms with Gasteiger partial charge in [-0.3, -0.25) is 14.5 Å². The molecule has 2 atom stereocenters. The zero-order valence-corrected chi connectivity index (χ0v) is 16.4. The Labute approximate surface area is 161 Å². The normalized spacial score (nSPS) is 23.5. The molecule has 0 radical (unpaired) electrons. The van der Waals surface area contributed by atoms with Gasteiger partial charge < -0.3 is 10.6 Å². The molecule has 1 aliphatic carbocycles. The summed E-state index contributed by atoms with van der Waals surface area (Å²) < 4.78 is 0. The van der Waals surface area contributed by atoms with Crippen LogP contribution in [0.1, 0.15) is 62.1 Å². The van der Waals surface area contributed by atoms with Crippen molar-refractivity contribution >= 4 is 11.8 Å². The number of nitrogens with zero attached hydrogens (tertiary/aromatic N) is 3. The topological polar surface area (TPSA) is 87.2 Å². The monoisotopic (exact) mass is 373 g/mol. The maximum Gasteiger partial charge on any atom is 0.254 e. The van der Waals surface area contributed by atoms with Gasteiger partial charge in [0.15, 0.2) is 0 Å². The fourth-order valence-corrected chi connectivity index (χ4v) is 4.22. The van der Waals surface area contributed by atoms with E-state index in [2.05, 4.69) is 25.5 Å². The highest BCUT2D eigenvalue weighted by Gasteiger charge is 2.38. The number of hydrogen-bond acceptors (Lipinski definition) is 5. The van der Waals surface area contributed by atoms with E-state index >= 15 is 0 Å². The number of amides is 2. The van der Waals surface area contributed by atoms with Gasteiger partial charge in [0.25, 0.3) is 5.91 Å². The number of likely N-dealkylation sites (N-methyl/N-ethyl adjacent to an activating group) is 1. The van der Waals surface area contributed by atoms with Gasteiger partial charge in [-0.15, -0.1) is 0 Å². The van der Waals surface area contributed by atoms with Crippen LogP contribution in [0.5, 0.6) is 0 Å². The molecular weight excluding hydrogens is 342 g/mol. The summed E-state index contributed by atoms with van der Waals surface area (Å²) in [6.45, 7) is 6.21. The average Bonchev–Trinajstić information content (AvgIpc) is 3.32. The highest BCUT2D eigenvalue weighted by molar-refractivity contribution is 5.94. The molecule has 1 aliphatic heterocycles. The molecule has 0 unspecified atom stereocenters. The van der Waals surface area contributed by atoms with Crippen LogP contribution in [0, 0.1) is 5.92 Å². The Kier molecular flexibility index (Phi) is 6.77. The van der Waals surface area contributed by atoms with E-state index in [9.17, 15) is 9.59 Å². The summed E-state index contributed by atoms with van der Waals surface area (Å²) in [7, 11) is 0. The van der Waals surface area contributed by atoms with Crippen LogP contribution >= 0.6 is 0 Å². The van der Waals surface area contributed by atoms with Crippen LogP contribution in [-0.2, 0) is 11.2 Å². The first-order valence-electron chi connectivity index (χ1n) is 10.2. The molecule has 3 rings (SSSR count). The summed E-state index contributed by atoms with van der Waals surface area (Å²) in [6, 6.07) is -0.188. The second kappa shape index (κ2) is 9.26. The maximum atomic E-state index is 12.5. The van der Waals surface area contributed by atoms with E-state index in [-0.39, 0.29) is 23.9 Å². The Morgan fingerprint density at radius 1 is 1.19 bits per heavy atom. The smallest absolute Gasteiger partial charge is 0.254 e. The first-order chi connectivity index (χ1) is 13.1. The maximum absolute atomic E-state index is 12.5. The number of nitrogens with one attached hydrogen (secondary N) is 2. The van der Waals surface area contributed by atoms with Gasteiger partial charge >= 0.3 is 0 Å². The van der Waals surface area contributed by atoms with Gasteiger partial charge in [0.1, 0.15) is 5.82 Å². The fraction of sp³-hybridized carbons (Fsp3) is 0.700. The van der Waals surface area contributed by atoms with Crippen LogP contribution in [0.3, 0.4) is 0 Å². The molecule has 1 aromatic heterocycles. The van der Waals surface area contributed by atoms with Gasteiger partial charge in [-0.05, 0) is 32.1 Å². The van der Waals surface area contributed by atoms with Crippen LogP contribution in [0.4, 0.5) is 0 Å². The average molecular weight is 374 g/mol. The Morgan fingerprint density at radius 2 is 1.89 bits per heavy atom.